The second-order valence-electron chi connectivity index (χ2n) is 4.91. The molecule has 0 aromatic rings. The van der Waals surface area contributed by atoms with Gasteiger partial charge in [0.05, 0.1) is 12.0 Å². The van der Waals surface area contributed by atoms with Crippen molar-refractivity contribution in [2.45, 2.75) is 24.7 Å². The Hall–Kier alpha value is -0.625. The summed E-state index contributed by atoms with van der Waals surface area (Å²) < 4.78 is 0. The Morgan fingerprint density at radius 1 is 1.59 bits per heavy atom. The van der Waals surface area contributed by atoms with E-state index < -0.39 is 12.6 Å². The van der Waals surface area contributed by atoms with Crippen LogP contribution >= 0.6 is 0 Å². The molecule has 6 nitrogen and oxygen atoms in total. The Morgan fingerprint density at radius 3 is 2.88 bits per heavy atom. The topological polar surface area (TPSA) is 98.8 Å². The molecule has 1 unspecified atom stereocenters. The van der Waals surface area contributed by atoms with Crippen molar-refractivity contribution < 1.29 is 14.8 Å². The third kappa shape index (κ3) is 1.97. The number of hydrogen-bond acceptors (Lipinski definition) is 5. The van der Waals surface area contributed by atoms with Gasteiger partial charge >= 0.3 is 7.12 Å². The first-order valence-electron chi connectivity index (χ1n) is 6.20. The van der Waals surface area contributed by atoms with Crippen LogP contribution in [0.25, 0.3) is 0 Å². The highest BCUT2D eigenvalue weighted by Crippen LogP contribution is 2.39. The number of nitrogens with two attached hydrogens (primary N) is 1. The molecule has 0 radical (unpaired) electrons. The second kappa shape index (κ2) is 4.93. The lowest BCUT2D eigenvalue weighted by Gasteiger charge is -2.42. The molecule has 5 N–H and O–H groups in total. The molecule has 0 spiro atoms. The van der Waals surface area contributed by atoms with Crippen molar-refractivity contribution in [3.05, 3.63) is 0 Å². The van der Waals surface area contributed by atoms with E-state index in [4.69, 9.17) is 5.73 Å². The monoisotopic (exact) mass is 241 g/mol. The minimum Gasteiger partial charge on any atom is -0.426 e. The van der Waals surface area contributed by atoms with Crippen LogP contribution in [0.3, 0.4) is 0 Å². The Kier molecular flexibility index (Phi) is 3.72. The molecule has 2 rings (SSSR count). The third-order valence-electron chi connectivity index (χ3n) is 4.15. The van der Waals surface area contributed by atoms with Gasteiger partial charge in [0.15, 0.2) is 0 Å². The Morgan fingerprint density at radius 2 is 2.35 bits per heavy atom. The molecule has 96 valence electrons. The van der Waals surface area contributed by atoms with Crippen molar-refractivity contribution in [2.24, 2.45) is 11.7 Å². The summed E-state index contributed by atoms with van der Waals surface area (Å²) in [5.74, 6) is -0.0944. The molecule has 0 bridgehead atoms. The van der Waals surface area contributed by atoms with E-state index in [1.807, 2.05) is 0 Å². The summed E-state index contributed by atoms with van der Waals surface area (Å²) in [5.41, 5.74) is 4.57. The molecule has 0 aromatic carbocycles. The van der Waals surface area contributed by atoms with E-state index in [2.05, 4.69) is 5.32 Å². The van der Waals surface area contributed by atoms with Gasteiger partial charge in [-0.3, -0.25) is 4.79 Å². The standard InChI is InChI=1S/C10H20BN3O3/c12-6-9(15)14-5-1-3-10(14,11(16)17)8-2-4-13-7-8/h8,13,16-17H,1-7,12H2/t8?,10-/m1/s1. The van der Waals surface area contributed by atoms with Crippen LogP contribution in [0.1, 0.15) is 19.3 Å². The van der Waals surface area contributed by atoms with Gasteiger partial charge < -0.3 is 26.0 Å². The molecular weight excluding hydrogens is 221 g/mol. The zero-order chi connectivity index (χ0) is 12.5. The van der Waals surface area contributed by atoms with Gasteiger partial charge in [-0.05, 0) is 38.3 Å². The molecule has 2 saturated heterocycles. The quantitative estimate of drug-likeness (QED) is 0.425. The number of amides is 1. The molecular formula is C10H20BN3O3. The van der Waals surface area contributed by atoms with Gasteiger partial charge in [-0.25, -0.2) is 0 Å². The van der Waals surface area contributed by atoms with Gasteiger partial charge in [-0.1, -0.05) is 0 Å². The van der Waals surface area contributed by atoms with E-state index in [0.717, 1.165) is 25.9 Å². The van der Waals surface area contributed by atoms with Crippen molar-refractivity contribution in [1.82, 2.24) is 10.2 Å². The molecule has 0 saturated carbocycles. The highest BCUT2D eigenvalue weighted by Gasteiger charge is 2.56. The highest BCUT2D eigenvalue weighted by molar-refractivity contribution is 6.46. The number of hydrogen-bond donors (Lipinski definition) is 4. The van der Waals surface area contributed by atoms with Gasteiger partial charge in [-0.15, -0.1) is 0 Å². The van der Waals surface area contributed by atoms with E-state index in [9.17, 15) is 14.8 Å². The van der Waals surface area contributed by atoms with Crippen LogP contribution < -0.4 is 11.1 Å². The predicted molar refractivity (Wildman–Crippen MR) is 63.9 cm³/mol. The molecule has 2 heterocycles. The van der Waals surface area contributed by atoms with Crippen LogP contribution in [0, 0.1) is 5.92 Å². The SMILES string of the molecule is NCC(=O)N1CCC[C@]1(B(O)O)C1CCNC1. The minimum atomic E-state index is -1.50. The summed E-state index contributed by atoms with van der Waals surface area (Å²) in [6.07, 6.45) is 2.31. The summed E-state index contributed by atoms with van der Waals surface area (Å²) in [7, 11) is -1.50. The maximum Gasteiger partial charge on any atom is 0.479 e. The van der Waals surface area contributed by atoms with E-state index in [-0.39, 0.29) is 18.4 Å². The molecule has 0 aliphatic carbocycles. The van der Waals surface area contributed by atoms with Crippen LogP contribution in [0.15, 0.2) is 0 Å². The summed E-state index contributed by atoms with van der Waals surface area (Å²) in [4.78, 5) is 13.4. The maximum absolute atomic E-state index is 11.8. The number of carbonyl (C=O) groups is 1. The highest BCUT2D eigenvalue weighted by atomic mass is 16.4. The minimum absolute atomic E-state index is 0.0748. The number of nitrogens with one attached hydrogen (secondary N) is 1. The van der Waals surface area contributed by atoms with Gasteiger partial charge in [0.2, 0.25) is 5.91 Å². The van der Waals surface area contributed by atoms with Crippen LogP contribution in [-0.4, -0.2) is 59.6 Å². The Labute approximate surface area is 101 Å². The first kappa shape index (κ1) is 12.8. The zero-order valence-electron chi connectivity index (χ0n) is 9.93. The molecule has 2 fully saturated rings. The normalized spacial score (nSPS) is 33.1. The van der Waals surface area contributed by atoms with E-state index >= 15 is 0 Å². The number of rotatable bonds is 3. The van der Waals surface area contributed by atoms with E-state index in [0.29, 0.717) is 13.0 Å². The number of carbonyl (C=O) groups excluding carboxylic acids is 1. The van der Waals surface area contributed by atoms with E-state index in [1.165, 1.54) is 0 Å². The van der Waals surface area contributed by atoms with Crippen molar-refractivity contribution in [3.8, 4) is 0 Å². The van der Waals surface area contributed by atoms with Crippen molar-refractivity contribution >= 4 is 13.0 Å². The van der Waals surface area contributed by atoms with Gasteiger partial charge in [-0.2, -0.15) is 0 Å². The lowest BCUT2D eigenvalue weighted by molar-refractivity contribution is -0.133. The van der Waals surface area contributed by atoms with Crippen LogP contribution in [-0.2, 0) is 4.79 Å². The molecule has 0 aromatic heterocycles. The maximum atomic E-state index is 11.8. The largest absolute Gasteiger partial charge is 0.479 e. The van der Waals surface area contributed by atoms with Gasteiger partial charge in [0.25, 0.3) is 0 Å². The lowest BCUT2D eigenvalue weighted by atomic mass is 9.56. The molecule has 2 aliphatic rings. The lowest BCUT2D eigenvalue weighted by Crippen LogP contribution is -2.63. The smallest absolute Gasteiger partial charge is 0.426 e. The Bertz CT molecular complexity index is 297. The number of nitrogens with zero attached hydrogens (tertiary/aromatic N) is 1. The third-order valence-corrected chi connectivity index (χ3v) is 4.15. The predicted octanol–water partition coefficient (Wildman–Crippen LogP) is -2.07. The van der Waals surface area contributed by atoms with Crippen molar-refractivity contribution in [1.29, 1.82) is 0 Å². The fraction of sp³-hybridized carbons (Fsp3) is 0.900. The molecule has 2 aliphatic heterocycles. The molecule has 7 heteroatoms. The second-order valence-corrected chi connectivity index (χ2v) is 4.91. The average Bonchev–Trinajstić information content (AvgIpc) is 2.96. The fourth-order valence-corrected chi connectivity index (χ4v) is 3.32. The van der Waals surface area contributed by atoms with Crippen LogP contribution in [0.2, 0.25) is 0 Å². The van der Waals surface area contributed by atoms with Crippen LogP contribution in [0.5, 0.6) is 0 Å². The molecule has 1 amide bonds. The zero-order valence-corrected chi connectivity index (χ0v) is 9.93. The molecule has 2 atom stereocenters. The van der Waals surface area contributed by atoms with Gasteiger partial charge in [0.1, 0.15) is 0 Å². The number of likely N-dealkylation sites (tertiary alicyclic amines) is 1. The van der Waals surface area contributed by atoms with Crippen molar-refractivity contribution in [3.63, 3.8) is 0 Å². The molecule has 17 heavy (non-hydrogen) atoms. The summed E-state index contributed by atoms with van der Waals surface area (Å²) in [6, 6.07) is 0. The van der Waals surface area contributed by atoms with Crippen molar-refractivity contribution in [2.75, 3.05) is 26.2 Å². The summed E-state index contributed by atoms with van der Waals surface area (Å²) in [5, 5.41) is 22.8. The van der Waals surface area contributed by atoms with Gasteiger partial charge in [0, 0.05) is 6.54 Å². The first-order valence-corrected chi connectivity index (χ1v) is 6.20. The average molecular weight is 241 g/mol. The first-order chi connectivity index (χ1) is 8.13. The van der Waals surface area contributed by atoms with Crippen LogP contribution in [0.4, 0.5) is 0 Å². The summed E-state index contributed by atoms with van der Waals surface area (Å²) >= 11 is 0. The Balaban J connectivity index is 2.28. The van der Waals surface area contributed by atoms with E-state index in [1.54, 1.807) is 4.90 Å². The summed E-state index contributed by atoms with van der Waals surface area (Å²) in [6.45, 7) is 2.09. The fourth-order valence-electron chi connectivity index (χ4n) is 3.32.